The van der Waals surface area contributed by atoms with Gasteiger partial charge in [0.05, 0.1) is 17.9 Å². The van der Waals surface area contributed by atoms with Crippen molar-refractivity contribution in [3.8, 4) is 0 Å². The number of aromatic amines is 1. The van der Waals surface area contributed by atoms with Crippen LogP contribution in [0.15, 0.2) is 6.07 Å². The molecule has 0 aliphatic heterocycles. The van der Waals surface area contributed by atoms with Crippen LogP contribution in [0, 0.1) is 0 Å². The maximum absolute atomic E-state index is 12.0. The topological polar surface area (TPSA) is 58.2 Å². The van der Waals surface area contributed by atoms with Crippen molar-refractivity contribution in [3.05, 3.63) is 17.5 Å². The second-order valence-electron chi connectivity index (χ2n) is 5.82. The Kier molecular flexibility index (Phi) is 5.11. The Balaban J connectivity index is 2.64. The minimum Gasteiger partial charge on any atom is -0.369 e. The summed E-state index contributed by atoms with van der Waals surface area (Å²) in [4.78, 5) is 13.7. The molecule has 5 nitrogen and oxygen atoms in total. The number of carbonyl (C=O) groups excluding carboxylic acids is 1. The molecule has 1 heterocycles. The summed E-state index contributed by atoms with van der Waals surface area (Å²) >= 11 is 0. The van der Waals surface area contributed by atoms with Crippen LogP contribution in [0.25, 0.3) is 0 Å². The molecule has 0 radical (unpaired) electrons. The highest BCUT2D eigenvalue weighted by Gasteiger charge is 2.20. The van der Waals surface area contributed by atoms with E-state index in [0.717, 1.165) is 11.4 Å². The molecule has 0 bridgehead atoms. The summed E-state index contributed by atoms with van der Waals surface area (Å²) in [6.45, 7) is 11.0. The summed E-state index contributed by atoms with van der Waals surface area (Å²) in [5.74, 6) is -0.0197. The summed E-state index contributed by atoms with van der Waals surface area (Å²) in [6, 6.07) is 2.01. The molecule has 108 valence electrons. The zero-order valence-electron chi connectivity index (χ0n) is 12.8. The molecule has 1 N–H and O–H groups in total. The van der Waals surface area contributed by atoms with Gasteiger partial charge in [0.25, 0.3) is 5.91 Å². The Morgan fingerprint density at radius 1 is 1.53 bits per heavy atom. The lowest BCUT2D eigenvalue weighted by Gasteiger charge is -2.20. The van der Waals surface area contributed by atoms with Gasteiger partial charge in [0.15, 0.2) is 0 Å². The van der Waals surface area contributed by atoms with Gasteiger partial charge in [0, 0.05) is 19.1 Å². The predicted molar refractivity (Wildman–Crippen MR) is 74.8 cm³/mol. The van der Waals surface area contributed by atoms with Gasteiger partial charge < -0.3 is 9.64 Å². The highest BCUT2D eigenvalue weighted by atomic mass is 16.5. The van der Waals surface area contributed by atoms with Gasteiger partial charge >= 0.3 is 0 Å². The van der Waals surface area contributed by atoms with E-state index in [4.69, 9.17) is 4.74 Å². The summed E-state index contributed by atoms with van der Waals surface area (Å²) in [7, 11) is 1.77. The second-order valence-corrected chi connectivity index (χ2v) is 5.82. The van der Waals surface area contributed by atoms with Crippen molar-refractivity contribution in [2.75, 3.05) is 13.7 Å². The van der Waals surface area contributed by atoms with E-state index < -0.39 is 6.10 Å². The minimum absolute atomic E-state index is 0.00986. The fourth-order valence-electron chi connectivity index (χ4n) is 1.79. The molecule has 0 aliphatic carbocycles. The average Bonchev–Trinajstić information content (AvgIpc) is 2.76. The Bertz CT molecular complexity index is 421. The average molecular weight is 267 g/mol. The molecule has 1 atom stereocenters. The fourth-order valence-corrected chi connectivity index (χ4v) is 1.79. The number of nitrogens with zero attached hydrogens (tertiary/aromatic N) is 2. The molecule has 1 aromatic rings. The van der Waals surface area contributed by atoms with Gasteiger partial charge in [-0.2, -0.15) is 5.10 Å². The van der Waals surface area contributed by atoms with E-state index in [0.29, 0.717) is 13.2 Å². The van der Waals surface area contributed by atoms with Gasteiger partial charge in [0.2, 0.25) is 0 Å². The maximum Gasteiger partial charge on any atom is 0.251 e. The third-order valence-electron chi connectivity index (χ3n) is 2.95. The number of likely N-dealkylation sites (N-methyl/N-ethyl adjacent to an activating group) is 1. The van der Waals surface area contributed by atoms with Crippen LogP contribution in [0.3, 0.4) is 0 Å². The van der Waals surface area contributed by atoms with Crippen LogP contribution < -0.4 is 0 Å². The Morgan fingerprint density at radius 2 is 2.16 bits per heavy atom. The first-order chi connectivity index (χ1) is 8.75. The monoisotopic (exact) mass is 267 g/mol. The maximum atomic E-state index is 12.0. The Morgan fingerprint density at radius 3 is 2.63 bits per heavy atom. The van der Waals surface area contributed by atoms with Crippen molar-refractivity contribution < 1.29 is 9.53 Å². The third-order valence-corrected chi connectivity index (χ3v) is 2.95. The first kappa shape index (κ1) is 15.7. The molecular weight excluding hydrogens is 242 g/mol. The predicted octanol–water partition coefficient (Wildman–Crippen LogP) is 2.09. The van der Waals surface area contributed by atoms with Crippen molar-refractivity contribution in [3.63, 3.8) is 0 Å². The molecule has 0 saturated heterocycles. The third kappa shape index (κ3) is 4.35. The van der Waals surface area contributed by atoms with Crippen molar-refractivity contribution in [2.45, 2.75) is 52.7 Å². The summed E-state index contributed by atoms with van der Waals surface area (Å²) in [5, 5.41) is 7.27. The van der Waals surface area contributed by atoms with Gasteiger partial charge in [-0.3, -0.25) is 9.89 Å². The first-order valence-electron chi connectivity index (χ1n) is 6.67. The molecule has 1 amide bonds. The van der Waals surface area contributed by atoms with E-state index in [1.54, 1.807) is 18.9 Å². The number of aromatic nitrogens is 2. The standard InChI is InChI=1S/C14H25N3O2/c1-7-19-10(2)13(18)17(6)9-11-8-12(16-15-11)14(3,4)5/h8,10H,7,9H2,1-6H3,(H,15,16)/t10-/m1/s1. The van der Waals surface area contributed by atoms with Crippen LogP contribution >= 0.6 is 0 Å². The van der Waals surface area contributed by atoms with E-state index in [1.165, 1.54) is 0 Å². The Hall–Kier alpha value is -1.36. The Labute approximate surface area is 115 Å². The largest absolute Gasteiger partial charge is 0.369 e. The van der Waals surface area contributed by atoms with Crippen molar-refractivity contribution in [1.82, 2.24) is 15.1 Å². The van der Waals surface area contributed by atoms with Crippen molar-refractivity contribution in [2.24, 2.45) is 0 Å². The van der Waals surface area contributed by atoms with Crippen LogP contribution in [0.1, 0.15) is 46.0 Å². The number of hydrogen-bond donors (Lipinski definition) is 1. The molecule has 0 unspecified atom stereocenters. The van der Waals surface area contributed by atoms with Crippen LogP contribution in [-0.4, -0.2) is 40.8 Å². The first-order valence-corrected chi connectivity index (χ1v) is 6.67. The molecule has 0 aliphatic rings. The van der Waals surface area contributed by atoms with E-state index in [1.807, 2.05) is 13.0 Å². The van der Waals surface area contributed by atoms with Gasteiger partial charge in [-0.1, -0.05) is 20.8 Å². The quantitative estimate of drug-likeness (QED) is 0.888. The highest BCUT2D eigenvalue weighted by Crippen LogP contribution is 2.20. The van der Waals surface area contributed by atoms with Gasteiger partial charge in [-0.05, 0) is 19.9 Å². The smallest absolute Gasteiger partial charge is 0.251 e. The zero-order valence-corrected chi connectivity index (χ0v) is 12.8. The van der Waals surface area contributed by atoms with E-state index >= 15 is 0 Å². The fraction of sp³-hybridized carbons (Fsp3) is 0.714. The second kappa shape index (κ2) is 6.19. The summed E-state index contributed by atoms with van der Waals surface area (Å²) < 4.78 is 5.30. The number of amides is 1. The van der Waals surface area contributed by atoms with E-state index in [9.17, 15) is 4.79 Å². The molecule has 5 heteroatoms. The SMILES string of the molecule is CCO[C@H](C)C(=O)N(C)Cc1cc(C(C)(C)C)n[nH]1. The van der Waals surface area contributed by atoms with Crippen molar-refractivity contribution >= 4 is 5.91 Å². The number of rotatable bonds is 5. The number of ether oxygens (including phenoxy) is 1. The molecule has 0 aromatic carbocycles. The van der Waals surface area contributed by atoms with Crippen LogP contribution in [0.5, 0.6) is 0 Å². The summed E-state index contributed by atoms with van der Waals surface area (Å²) in [5.41, 5.74) is 1.95. The molecule has 0 saturated carbocycles. The normalized spacial score (nSPS) is 13.4. The molecule has 1 rings (SSSR count). The molecule has 0 fully saturated rings. The van der Waals surface area contributed by atoms with Crippen molar-refractivity contribution in [1.29, 1.82) is 0 Å². The number of nitrogens with one attached hydrogen (secondary N) is 1. The lowest BCUT2D eigenvalue weighted by atomic mass is 9.92. The van der Waals surface area contributed by atoms with Gasteiger partial charge in [-0.15, -0.1) is 0 Å². The number of hydrogen-bond acceptors (Lipinski definition) is 3. The summed E-state index contributed by atoms with van der Waals surface area (Å²) in [6.07, 6.45) is -0.403. The molecular formula is C14H25N3O2. The number of carbonyl (C=O) groups is 1. The molecule has 1 aromatic heterocycles. The van der Waals surface area contributed by atoms with E-state index in [-0.39, 0.29) is 11.3 Å². The van der Waals surface area contributed by atoms with Crippen LogP contribution in [0.2, 0.25) is 0 Å². The van der Waals surface area contributed by atoms with Crippen LogP contribution in [0.4, 0.5) is 0 Å². The van der Waals surface area contributed by atoms with Gasteiger partial charge in [-0.25, -0.2) is 0 Å². The lowest BCUT2D eigenvalue weighted by Crippen LogP contribution is -2.36. The van der Waals surface area contributed by atoms with Crippen LogP contribution in [-0.2, 0) is 21.5 Å². The zero-order chi connectivity index (χ0) is 14.6. The molecule has 0 spiro atoms. The highest BCUT2D eigenvalue weighted by molar-refractivity contribution is 5.80. The number of H-pyrrole nitrogens is 1. The lowest BCUT2D eigenvalue weighted by molar-refractivity contribution is -0.141. The minimum atomic E-state index is -0.403. The molecule has 19 heavy (non-hydrogen) atoms. The van der Waals surface area contributed by atoms with E-state index in [2.05, 4.69) is 31.0 Å². The van der Waals surface area contributed by atoms with Gasteiger partial charge in [0.1, 0.15) is 6.10 Å².